The van der Waals surface area contributed by atoms with E-state index in [1.54, 1.807) is 6.33 Å². The summed E-state index contributed by atoms with van der Waals surface area (Å²) in [7, 11) is 0. The summed E-state index contributed by atoms with van der Waals surface area (Å²) in [6.45, 7) is 7.05. The van der Waals surface area contributed by atoms with Gasteiger partial charge in [-0.25, -0.2) is 9.97 Å². The highest BCUT2D eigenvalue weighted by Crippen LogP contribution is 2.28. The Bertz CT molecular complexity index is 1370. The van der Waals surface area contributed by atoms with Crippen LogP contribution >= 0.6 is 0 Å². The fourth-order valence-corrected chi connectivity index (χ4v) is 4.32. The third-order valence-electron chi connectivity index (χ3n) is 6.06. The minimum Gasteiger partial charge on any atom is -0.365 e. The molecule has 1 N–H and O–H groups in total. The molecule has 1 aliphatic rings. The third-order valence-corrected chi connectivity index (χ3v) is 6.06. The van der Waals surface area contributed by atoms with Crippen molar-refractivity contribution in [3.63, 3.8) is 0 Å². The van der Waals surface area contributed by atoms with E-state index in [1.165, 1.54) is 22.3 Å². The lowest BCUT2D eigenvalue weighted by Gasteiger charge is -2.27. The van der Waals surface area contributed by atoms with Gasteiger partial charge in [-0.15, -0.1) is 0 Å². The van der Waals surface area contributed by atoms with E-state index in [0.717, 1.165) is 28.1 Å². The number of anilines is 2. The molecule has 2 aromatic heterocycles. The van der Waals surface area contributed by atoms with Crippen LogP contribution < -0.4 is 10.2 Å². The third kappa shape index (κ3) is 4.35. The van der Waals surface area contributed by atoms with Crippen LogP contribution in [0.3, 0.4) is 0 Å². The maximum atomic E-state index is 4.52. The van der Waals surface area contributed by atoms with E-state index in [9.17, 15) is 0 Å². The van der Waals surface area contributed by atoms with Gasteiger partial charge >= 0.3 is 0 Å². The van der Waals surface area contributed by atoms with Gasteiger partial charge in [-0.2, -0.15) is 0 Å². The molecule has 0 aliphatic carbocycles. The Morgan fingerprint density at radius 2 is 1.85 bits per heavy atom. The van der Waals surface area contributed by atoms with Crippen molar-refractivity contribution in [2.45, 2.75) is 33.4 Å². The predicted molar refractivity (Wildman–Crippen MR) is 136 cm³/mol. The topological polar surface area (TPSA) is 53.9 Å². The average Bonchev–Trinajstić information content (AvgIpc) is 2.82. The van der Waals surface area contributed by atoms with E-state index < -0.39 is 0 Å². The van der Waals surface area contributed by atoms with Gasteiger partial charge in [0.1, 0.15) is 12.1 Å². The quantitative estimate of drug-likeness (QED) is 0.406. The average molecular weight is 434 g/mol. The van der Waals surface area contributed by atoms with Crippen LogP contribution in [0.15, 0.2) is 85.5 Å². The number of pyridine rings is 1. The second-order valence-electron chi connectivity index (χ2n) is 8.49. The molecule has 0 amide bonds. The largest absolute Gasteiger partial charge is 0.365 e. The number of nitrogens with zero attached hydrogens (tertiary/aromatic N) is 4. The fourth-order valence-electron chi connectivity index (χ4n) is 4.32. The van der Waals surface area contributed by atoms with Crippen LogP contribution in [0.4, 0.5) is 11.5 Å². The van der Waals surface area contributed by atoms with Crippen LogP contribution in [0.5, 0.6) is 0 Å². The van der Waals surface area contributed by atoms with E-state index in [1.807, 2.05) is 13.1 Å². The van der Waals surface area contributed by atoms with E-state index in [0.29, 0.717) is 12.6 Å². The van der Waals surface area contributed by atoms with Crippen LogP contribution in [0.2, 0.25) is 0 Å². The minimum absolute atomic E-state index is 0.314. The van der Waals surface area contributed by atoms with Crippen molar-refractivity contribution >= 4 is 22.4 Å². The molecule has 0 saturated carbocycles. The second kappa shape index (κ2) is 8.87. The first-order valence-corrected chi connectivity index (χ1v) is 11.2. The standard InChI is InChI=1S/C28H27N5/c1-19-14-22(7-9-25(19)23-11-12-29-20(2)15-23)17-30-28-26-10-8-24(16-27(26)31-18-32-28)33-13-5-4-6-21(33)3/h4-16,18,21H,17H2,1-3H3,(H,30,31,32). The van der Waals surface area contributed by atoms with Gasteiger partial charge in [0.2, 0.25) is 0 Å². The van der Waals surface area contributed by atoms with E-state index in [2.05, 4.69) is 112 Å². The van der Waals surface area contributed by atoms with Crippen LogP contribution in [0.25, 0.3) is 22.0 Å². The summed E-state index contributed by atoms with van der Waals surface area (Å²) in [5.41, 5.74) is 7.97. The zero-order valence-electron chi connectivity index (χ0n) is 19.2. The number of hydrogen-bond acceptors (Lipinski definition) is 5. The molecule has 5 heteroatoms. The number of fused-ring (bicyclic) bond motifs is 1. The molecule has 1 aliphatic heterocycles. The molecule has 33 heavy (non-hydrogen) atoms. The Balaban J connectivity index is 1.36. The highest BCUT2D eigenvalue weighted by molar-refractivity contribution is 5.91. The van der Waals surface area contributed by atoms with Gasteiger partial charge in [0.05, 0.1) is 5.52 Å². The monoisotopic (exact) mass is 433 g/mol. The molecule has 164 valence electrons. The molecule has 0 bridgehead atoms. The summed E-state index contributed by atoms with van der Waals surface area (Å²) in [6, 6.07) is 17.4. The number of allylic oxidation sites excluding steroid dienone is 2. The SMILES string of the molecule is Cc1cc(-c2ccc(CNc3ncnc4cc(N5C=CC=CC5C)ccc34)cc2C)ccn1. The number of rotatable bonds is 5. The van der Waals surface area contributed by atoms with Gasteiger partial charge in [0, 0.05) is 41.8 Å². The van der Waals surface area contributed by atoms with Crippen molar-refractivity contribution < 1.29 is 0 Å². The highest BCUT2D eigenvalue weighted by Gasteiger charge is 2.13. The van der Waals surface area contributed by atoms with Crippen molar-refractivity contribution in [2.24, 2.45) is 0 Å². The molecule has 4 aromatic rings. The summed E-state index contributed by atoms with van der Waals surface area (Å²) in [5, 5.41) is 4.53. The maximum Gasteiger partial charge on any atom is 0.137 e. The molecule has 2 aromatic carbocycles. The molecule has 0 fully saturated rings. The minimum atomic E-state index is 0.314. The lowest BCUT2D eigenvalue weighted by molar-refractivity contribution is 0.848. The molecule has 0 radical (unpaired) electrons. The Morgan fingerprint density at radius 1 is 0.939 bits per heavy atom. The van der Waals surface area contributed by atoms with Crippen LogP contribution in [0, 0.1) is 13.8 Å². The molecular weight excluding hydrogens is 406 g/mol. The summed E-state index contributed by atoms with van der Waals surface area (Å²) in [4.78, 5) is 15.6. The summed E-state index contributed by atoms with van der Waals surface area (Å²) in [5.74, 6) is 0.847. The Hall–Kier alpha value is -3.99. The first kappa shape index (κ1) is 20.9. The normalized spacial score (nSPS) is 15.2. The lowest BCUT2D eigenvalue weighted by atomic mass is 9.98. The zero-order valence-corrected chi connectivity index (χ0v) is 19.2. The number of aromatic nitrogens is 3. The maximum absolute atomic E-state index is 4.52. The lowest BCUT2D eigenvalue weighted by Crippen LogP contribution is -2.27. The van der Waals surface area contributed by atoms with Crippen LogP contribution in [-0.2, 0) is 6.54 Å². The highest BCUT2D eigenvalue weighted by atomic mass is 15.1. The van der Waals surface area contributed by atoms with Crippen LogP contribution in [0.1, 0.15) is 23.7 Å². The van der Waals surface area contributed by atoms with Gasteiger partial charge in [-0.1, -0.05) is 30.4 Å². The van der Waals surface area contributed by atoms with Crippen molar-refractivity contribution in [3.8, 4) is 11.1 Å². The molecule has 5 rings (SSSR count). The Morgan fingerprint density at radius 3 is 2.67 bits per heavy atom. The van der Waals surface area contributed by atoms with Gasteiger partial charge in [-0.05, 0) is 79.4 Å². The van der Waals surface area contributed by atoms with Gasteiger partial charge < -0.3 is 10.2 Å². The van der Waals surface area contributed by atoms with Crippen LogP contribution in [-0.4, -0.2) is 21.0 Å². The fraction of sp³-hybridized carbons (Fsp3) is 0.179. The van der Waals surface area contributed by atoms with E-state index >= 15 is 0 Å². The summed E-state index contributed by atoms with van der Waals surface area (Å²) in [6.07, 6.45) is 11.9. The number of benzene rings is 2. The van der Waals surface area contributed by atoms with Crippen molar-refractivity contribution in [3.05, 3.63) is 102 Å². The summed E-state index contributed by atoms with van der Waals surface area (Å²) >= 11 is 0. The molecule has 5 nitrogen and oxygen atoms in total. The van der Waals surface area contributed by atoms with E-state index in [4.69, 9.17) is 0 Å². The Labute approximate surface area is 194 Å². The van der Waals surface area contributed by atoms with Gasteiger partial charge in [0.25, 0.3) is 0 Å². The molecule has 0 saturated heterocycles. The molecular formula is C28H27N5. The molecule has 3 heterocycles. The number of nitrogens with one attached hydrogen (secondary N) is 1. The predicted octanol–water partition coefficient (Wildman–Crippen LogP) is 6.20. The molecule has 1 unspecified atom stereocenters. The number of hydrogen-bond donors (Lipinski definition) is 1. The smallest absolute Gasteiger partial charge is 0.137 e. The molecule has 0 spiro atoms. The van der Waals surface area contributed by atoms with E-state index in [-0.39, 0.29) is 0 Å². The second-order valence-corrected chi connectivity index (χ2v) is 8.49. The molecule has 1 atom stereocenters. The van der Waals surface area contributed by atoms with Gasteiger partial charge in [-0.3, -0.25) is 4.98 Å². The first-order valence-electron chi connectivity index (χ1n) is 11.2. The van der Waals surface area contributed by atoms with Gasteiger partial charge in [0.15, 0.2) is 0 Å². The van der Waals surface area contributed by atoms with Crippen molar-refractivity contribution in [1.82, 2.24) is 15.0 Å². The zero-order chi connectivity index (χ0) is 22.8. The Kier molecular flexibility index (Phi) is 5.61. The number of aryl methyl sites for hydroxylation is 2. The summed E-state index contributed by atoms with van der Waals surface area (Å²) < 4.78 is 0. The van der Waals surface area contributed by atoms with Crippen molar-refractivity contribution in [2.75, 3.05) is 10.2 Å². The first-order chi connectivity index (χ1) is 16.1. The van der Waals surface area contributed by atoms with Crippen molar-refractivity contribution in [1.29, 1.82) is 0 Å².